The second kappa shape index (κ2) is 9.71. The van der Waals surface area contributed by atoms with Crippen LogP contribution < -0.4 is 10.1 Å². The van der Waals surface area contributed by atoms with Gasteiger partial charge in [-0.25, -0.2) is 8.42 Å². The SMILES string of the molecule is Cc1ccc(NC(=O)COc2ccc(CC#N)cc2)cc1S(=O)(=O)N1CCOCC1. The van der Waals surface area contributed by atoms with Crippen molar-refractivity contribution in [1.29, 1.82) is 5.26 Å². The molecule has 0 aliphatic carbocycles. The average molecular weight is 429 g/mol. The smallest absolute Gasteiger partial charge is 0.262 e. The second-order valence-corrected chi connectivity index (χ2v) is 8.72. The summed E-state index contributed by atoms with van der Waals surface area (Å²) in [4.78, 5) is 12.4. The molecule has 0 saturated carbocycles. The lowest BCUT2D eigenvalue weighted by Gasteiger charge is -2.26. The van der Waals surface area contributed by atoms with Gasteiger partial charge in [-0.1, -0.05) is 18.2 Å². The van der Waals surface area contributed by atoms with Crippen molar-refractivity contribution in [3.8, 4) is 11.8 Å². The highest BCUT2D eigenvalue weighted by atomic mass is 32.2. The molecule has 1 amide bonds. The molecule has 1 N–H and O–H groups in total. The molecule has 30 heavy (non-hydrogen) atoms. The number of nitriles is 1. The number of benzene rings is 2. The molecule has 1 aliphatic rings. The minimum atomic E-state index is -3.67. The molecule has 9 heteroatoms. The normalized spacial score (nSPS) is 14.7. The van der Waals surface area contributed by atoms with E-state index in [0.29, 0.717) is 49.7 Å². The van der Waals surface area contributed by atoms with E-state index in [1.165, 1.54) is 10.4 Å². The van der Waals surface area contributed by atoms with Crippen LogP contribution in [0.2, 0.25) is 0 Å². The zero-order valence-electron chi connectivity index (χ0n) is 16.6. The molecule has 0 aromatic heterocycles. The Balaban J connectivity index is 1.64. The number of hydrogen-bond donors (Lipinski definition) is 1. The number of morpholine rings is 1. The minimum absolute atomic E-state index is 0.163. The zero-order chi connectivity index (χ0) is 21.6. The molecule has 1 aliphatic heterocycles. The first-order chi connectivity index (χ1) is 14.4. The van der Waals surface area contributed by atoms with Gasteiger partial charge in [0.1, 0.15) is 5.75 Å². The van der Waals surface area contributed by atoms with E-state index >= 15 is 0 Å². The first kappa shape index (κ1) is 21.8. The van der Waals surface area contributed by atoms with E-state index in [4.69, 9.17) is 14.7 Å². The summed E-state index contributed by atoms with van der Waals surface area (Å²) in [6, 6.07) is 13.8. The Morgan fingerprint density at radius 2 is 1.90 bits per heavy atom. The van der Waals surface area contributed by atoms with Crippen LogP contribution in [0.25, 0.3) is 0 Å². The van der Waals surface area contributed by atoms with E-state index < -0.39 is 15.9 Å². The van der Waals surface area contributed by atoms with Crippen molar-refractivity contribution in [2.45, 2.75) is 18.2 Å². The standard InChI is InChI=1S/C21H23N3O5S/c1-16-2-5-18(14-20(16)30(26,27)24-10-12-28-13-11-24)23-21(25)15-29-19-6-3-17(4-7-19)8-9-22/h2-7,14H,8,10-13,15H2,1H3,(H,23,25). The number of rotatable bonds is 7. The number of anilines is 1. The van der Waals surface area contributed by atoms with Crippen LogP contribution in [0, 0.1) is 18.3 Å². The van der Waals surface area contributed by atoms with Gasteiger partial charge in [-0.2, -0.15) is 9.57 Å². The number of aryl methyl sites for hydroxylation is 1. The van der Waals surface area contributed by atoms with Gasteiger partial charge in [-0.15, -0.1) is 0 Å². The van der Waals surface area contributed by atoms with Crippen molar-refractivity contribution in [1.82, 2.24) is 4.31 Å². The predicted molar refractivity (Wildman–Crippen MR) is 111 cm³/mol. The summed E-state index contributed by atoms with van der Waals surface area (Å²) in [5.41, 5.74) is 1.85. The maximum atomic E-state index is 12.9. The third kappa shape index (κ3) is 5.36. The van der Waals surface area contributed by atoms with Crippen LogP contribution >= 0.6 is 0 Å². The summed E-state index contributed by atoms with van der Waals surface area (Å²) in [6.45, 7) is 2.83. The highest BCUT2D eigenvalue weighted by Gasteiger charge is 2.28. The molecule has 0 radical (unpaired) electrons. The van der Waals surface area contributed by atoms with E-state index in [-0.39, 0.29) is 11.5 Å². The third-order valence-corrected chi connectivity index (χ3v) is 6.68. The van der Waals surface area contributed by atoms with Gasteiger partial charge in [-0.05, 0) is 42.3 Å². The predicted octanol–water partition coefficient (Wildman–Crippen LogP) is 2.10. The third-order valence-electron chi connectivity index (χ3n) is 4.64. The summed E-state index contributed by atoms with van der Waals surface area (Å²) in [6.07, 6.45) is 0.309. The highest BCUT2D eigenvalue weighted by molar-refractivity contribution is 7.89. The van der Waals surface area contributed by atoms with Gasteiger partial charge in [0.2, 0.25) is 10.0 Å². The largest absolute Gasteiger partial charge is 0.484 e. The first-order valence-corrected chi connectivity index (χ1v) is 10.9. The van der Waals surface area contributed by atoms with Gasteiger partial charge in [-0.3, -0.25) is 4.79 Å². The van der Waals surface area contributed by atoms with Crippen molar-refractivity contribution in [3.63, 3.8) is 0 Å². The molecule has 0 unspecified atom stereocenters. The van der Waals surface area contributed by atoms with Crippen LogP contribution in [-0.4, -0.2) is 51.5 Å². The maximum Gasteiger partial charge on any atom is 0.262 e. The highest BCUT2D eigenvalue weighted by Crippen LogP contribution is 2.24. The molecular weight excluding hydrogens is 406 g/mol. The molecule has 2 aromatic rings. The quantitative estimate of drug-likeness (QED) is 0.722. The molecule has 3 rings (SSSR count). The van der Waals surface area contributed by atoms with Gasteiger partial charge < -0.3 is 14.8 Å². The van der Waals surface area contributed by atoms with Gasteiger partial charge in [0.05, 0.1) is 30.6 Å². The van der Waals surface area contributed by atoms with Crippen LogP contribution in [0.3, 0.4) is 0 Å². The van der Waals surface area contributed by atoms with E-state index in [1.807, 2.05) is 0 Å². The van der Waals surface area contributed by atoms with Crippen LogP contribution in [0.4, 0.5) is 5.69 Å². The molecule has 8 nitrogen and oxygen atoms in total. The molecule has 0 atom stereocenters. The van der Waals surface area contributed by atoms with Gasteiger partial charge in [0.25, 0.3) is 5.91 Å². The monoisotopic (exact) mass is 429 g/mol. The number of amides is 1. The summed E-state index contributed by atoms with van der Waals surface area (Å²) in [5, 5.41) is 11.4. The Morgan fingerprint density at radius 3 is 2.57 bits per heavy atom. The Labute approximate surface area is 176 Å². The lowest BCUT2D eigenvalue weighted by atomic mass is 10.2. The second-order valence-electron chi connectivity index (χ2n) is 6.81. The topological polar surface area (TPSA) is 109 Å². The first-order valence-electron chi connectivity index (χ1n) is 9.47. The fraction of sp³-hybridized carbons (Fsp3) is 0.333. The van der Waals surface area contributed by atoms with Gasteiger partial charge in [0.15, 0.2) is 6.61 Å². The maximum absolute atomic E-state index is 12.9. The van der Waals surface area contributed by atoms with Gasteiger partial charge in [0, 0.05) is 18.8 Å². The van der Waals surface area contributed by atoms with Crippen LogP contribution in [0.1, 0.15) is 11.1 Å². The van der Waals surface area contributed by atoms with Crippen molar-refractivity contribution in [2.75, 3.05) is 38.2 Å². The Hall–Kier alpha value is -2.93. The minimum Gasteiger partial charge on any atom is -0.484 e. The van der Waals surface area contributed by atoms with E-state index in [2.05, 4.69) is 11.4 Å². The van der Waals surface area contributed by atoms with Gasteiger partial charge >= 0.3 is 0 Å². The fourth-order valence-corrected chi connectivity index (χ4v) is 4.68. The number of nitrogens with zero attached hydrogens (tertiary/aromatic N) is 2. The molecule has 158 valence electrons. The lowest BCUT2D eigenvalue weighted by molar-refractivity contribution is -0.118. The van der Waals surface area contributed by atoms with Crippen LogP contribution in [0.5, 0.6) is 5.75 Å². The summed E-state index contributed by atoms with van der Waals surface area (Å²) < 4.78 is 38.0. The molecule has 1 heterocycles. The molecule has 0 spiro atoms. The van der Waals surface area contributed by atoms with Crippen molar-refractivity contribution in [2.24, 2.45) is 0 Å². The van der Waals surface area contributed by atoms with Crippen molar-refractivity contribution in [3.05, 3.63) is 53.6 Å². The number of carbonyl (C=O) groups excluding carboxylic acids is 1. The summed E-state index contributed by atoms with van der Waals surface area (Å²) >= 11 is 0. The molecule has 1 fully saturated rings. The lowest BCUT2D eigenvalue weighted by Crippen LogP contribution is -2.40. The Kier molecular flexibility index (Phi) is 7.05. The molecule has 2 aromatic carbocycles. The van der Waals surface area contributed by atoms with E-state index in [1.54, 1.807) is 43.3 Å². The van der Waals surface area contributed by atoms with E-state index in [0.717, 1.165) is 5.56 Å². The van der Waals surface area contributed by atoms with Crippen molar-refractivity contribution < 1.29 is 22.7 Å². The Bertz CT molecular complexity index is 1040. The molecule has 0 bridgehead atoms. The summed E-state index contributed by atoms with van der Waals surface area (Å²) in [5.74, 6) is 0.0982. The van der Waals surface area contributed by atoms with Crippen LogP contribution in [0.15, 0.2) is 47.4 Å². The average Bonchev–Trinajstić information content (AvgIpc) is 2.75. The van der Waals surface area contributed by atoms with Crippen LogP contribution in [-0.2, 0) is 26.0 Å². The number of sulfonamides is 1. The number of ether oxygens (including phenoxy) is 2. The number of nitrogens with one attached hydrogen (secondary N) is 1. The molecule has 1 saturated heterocycles. The summed E-state index contributed by atoms with van der Waals surface area (Å²) in [7, 11) is -3.67. The molecular formula is C21H23N3O5S. The van der Waals surface area contributed by atoms with E-state index in [9.17, 15) is 13.2 Å². The number of hydrogen-bond acceptors (Lipinski definition) is 6. The number of carbonyl (C=O) groups is 1. The zero-order valence-corrected chi connectivity index (χ0v) is 17.4. The van der Waals surface area contributed by atoms with Crippen molar-refractivity contribution >= 4 is 21.6 Å². The Morgan fingerprint density at radius 1 is 1.20 bits per heavy atom. The fourth-order valence-electron chi connectivity index (χ4n) is 3.02.